The van der Waals surface area contributed by atoms with E-state index in [1.165, 1.54) is 6.92 Å². The summed E-state index contributed by atoms with van der Waals surface area (Å²) in [5.41, 5.74) is 2.25. The zero-order chi connectivity index (χ0) is 14.5. The van der Waals surface area contributed by atoms with Crippen LogP contribution >= 0.6 is 0 Å². The van der Waals surface area contributed by atoms with Gasteiger partial charge in [0.15, 0.2) is 0 Å². The smallest absolute Gasteiger partial charge is 0.219 e. The van der Waals surface area contributed by atoms with Crippen LogP contribution in [-0.2, 0) is 16.1 Å². The van der Waals surface area contributed by atoms with E-state index in [-0.39, 0.29) is 11.8 Å². The number of hydrogen-bond donors (Lipinski definition) is 1. The highest BCUT2D eigenvalue weighted by Crippen LogP contribution is 2.21. The molecule has 0 aliphatic carbocycles. The van der Waals surface area contributed by atoms with Gasteiger partial charge in [-0.05, 0) is 11.6 Å². The highest BCUT2D eigenvalue weighted by Gasteiger charge is 2.20. The Bertz CT molecular complexity index is 494. The number of carbonyl (C=O) groups is 2. The second kappa shape index (κ2) is 6.41. The Kier molecular flexibility index (Phi) is 4.61. The largest absolute Gasteiger partial charge is 0.368 e. The maximum absolute atomic E-state index is 11.3. The van der Waals surface area contributed by atoms with Crippen molar-refractivity contribution < 1.29 is 9.59 Å². The molecule has 0 saturated carbocycles. The molecule has 108 valence electrons. The van der Waals surface area contributed by atoms with Crippen LogP contribution in [0.2, 0.25) is 0 Å². The van der Waals surface area contributed by atoms with Crippen LogP contribution in [0.3, 0.4) is 0 Å². The Hall–Kier alpha value is -2.04. The highest BCUT2D eigenvalue weighted by atomic mass is 16.2. The van der Waals surface area contributed by atoms with E-state index in [4.69, 9.17) is 0 Å². The number of nitrogens with one attached hydrogen (secondary N) is 1. The van der Waals surface area contributed by atoms with Gasteiger partial charge in [-0.1, -0.05) is 18.2 Å². The normalized spacial score (nSPS) is 15.1. The number of rotatable bonds is 3. The van der Waals surface area contributed by atoms with E-state index in [1.807, 2.05) is 23.1 Å². The van der Waals surface area contributed by atoms with Crippen molar-refractivity contribution >= 4 is 17.5 Å². The van der Waals surface area contributed by atoms with Gasteiger partial charge in [-0.15, -0.1) is 0 Å². The van der Waals surface area contributed by atoms with E-state index in [0.717, 1.165) is 37.4 Å². The number of anilines is 1. The molecule has 0 aromatic heterocycles. The van der Waals surface area contributed by atoms with Crippen molar-refractivity contribution in [2.75, 3.05) is 31.1 Å². The summed E-state index contributed by atoms with van der Waals surface area (Å²) in [5, 5.41) is 2.84. The number of para-hydroxylation sites is 1. The van der Waals surface area contributed by atoms with E-state index in [0.29, 0.717) is 6.54 Å². The first-order valence-electron chi connectivity index (χ1n) is 6.90. The molecule has 0 bridgehead atoms. The number of carbonyl (C=O) groups excluding carboxylic acids is 2. The molecule has 1 saturated heterocycles. The van der Waals surface area contributed by atoms with E-state index in [2.05, 4.69) is 16.3 Å². The number of hydrogen-bond acceptors (Lipinski definition) is 3. The number of amides is 2. The molecule has 0 unspecified atom stereocenters. The lowest BCUT2D eigenvalue weighted by Gasteiger charge is -2.36. The van der Waals surface area contributed by atoms with Gasteiger partial charge in [0.1, 0.15) is 0 Å². The van der Waals surface area contributed by atoms with Crippen LogP contribution in [0.1, 0.15) is 19.4 Å². The first kappa shape index (κ1) is 14.4. The molecule has 5 heteroatoms. The van der Waals surface area contributed by atoms with Crippen molar-refractivity contribution in [1.29, 1.82) is 0 Å². The first-order chi connectivity index (χ1) is 9.58. The predicted molar refractivity (Wildman–Crippen MR) is 78.4 cm³/mol. The van der Waals surface area contributed by atoms with Crippen molar-refractivity contribution in [2.24, 2.45) is 0 Å². The molecule has 0 radical (unpaired) electrons. The first-order valence-corrected chi connectivity index (χ1v) is 6.90. The molecule has 1 aliphatic heterocycles. The lowest BCUT2D eigenvalue weighted by Crippen LogP contribution is -2.48. The lowest BCUT2D eigenvalue weighted by molar-refractivity contribution is -0.129. The molecule has 1 fully saturated rings. The minimum Gasteiger partial charge on any atom is -0.368 e. The molecule has 1 aromatic carbocycles. The van der Waals surface area contributed by atoms with Crippen LogP contribution < -0.4 is 10.2 Å². The molecule has 0 atom stereocenters. The number of benzene rings is 1. The van der Waals surface area contributed by atoms with Gasteiger partial charge in [-0.25, -0.2) is 0 Å². The molecule has 5 nitrogen and oxygen atoms in total. The molecular formula is C15H21N3O2. The highest BCUT2D eigenvalue weighted by molar-refractivity contribution is 5.74. The SMILES string of the molecule is CC(=O)NCc1ccccc1N1CCN(C(C)=O)CC1. The monoisotopic (exact) mass is 275 g/mol. The van der Waals surface area contributed by atoms with Gasteiger partial charge in [-0.2, -0.15) is 0 Å². The molecule has 1 N–H and O–H groups in total. The molecule has 2 amide bonds. The third kappa shape index (κ3) is 3.50. The standard InChI is InChI=1S/C15H21N3O2/c1-12(19)16-11-14-5-3-4-6-15(14)18-9-7-17(8-10-18)13(2)20/h3-6H,7-11H2,1-2H3,(H,16,19). The average Bonchev–Trinajstić information content (AvgIpc) is 2.45. The van der Waals surface area contributed by atoms with Crippen molar-refractivity contribution in [3.8, 4) is 0 Å². The quantitative estimate of drug-likeness (QED) is 0.895. The van der Waals surface area contributed by atoms with Gasteiger partial charge in [0.25, 0.3) is 0 Å². The van der Waals surface area contributed by atoms with E-state index in [1.54, 1.807) is 6.92 Å². The van der Waals surface area contributed by atoms with Crippen LogP contribution in [0.5, 0.6) is 0 Å². The average molecular weight is 275 g/mol. The summed E-state index contributed by atoms with van der Waals surface area (Å²) in [7, 11) is 0. The van der Waals surface area contributed by atoms with Crippen LogP contribution in [-0.4, -0.2) is 42.9 Å². The minimum absolute atomic E-state index is 0.0267. The van der Waals surface area contributed by atoms with Gasteiger partial charge < -0.3 is 15.1 Å². The van der Waals surface area contributed by atoms with Gasteiger partial charge in [0.05, 0.1) is 0 Å². The zero-order valence-electron chi connectivity index (χ0n) is 12.1. The van der Waals surface area contributed by atoms with Gasteiger partial charge in [-0.3, -0.25) is 9.59 Å². The molecule has 20 heavy (non-hydrogen) atoms. The summed E-state index contributed by atoms with van der Waals surface area (Å²) in [6, 6.07) is 8.08. The summed E-state index contributed by atoms with van der Waals surface area (Å²) in [5.74, 6) is 0.109. The van der Waals surface area contributed by atoms with Gasteiger partial charge in [0, 0.05) is 52.3 Å². The zero-order valence-corrected chi connectivity index (χ0v) is 12.1. The Morgan fingerprint density at radius 1 is 1.10 bits per heavy atom. The molecule has 0 spiro atoms. The van der Waals surface area contributed by atoms with Crippen LogP contribution in [0.25, 0.3) is 0 Å². The summed E-state index contributed by atoms with van der Waals surface area (Å²) in [6.45, 7) is 6.84. The van der Waals surface area contributed by atoms with Crippen molar-refractivity contribution in [1.82, 2.24) is 10.2 Å². The second-order valence-electron chi connectivity index (χ2n) is 5.03. The van der Waals surface area contributed by atoms with Crippen molar-refractivity contribution in [3.63, 3.8) is 0 Å². The Morgan fingerprint density at radius 2 is 1.75 bits per heavy atom. The minimum atomic E-state index is -0.0267. The Balaban J connectivity index is 2.05. The van der Waals surface area contributed by atoms with Gasteiger partial charge >= 0.3 is 0 Å². The van der Waals surface area contributed by atoms with Crippen molar-refractivity contribution in [3.05, 3.63) is 29.8 Å². The Morgan fingerprint density at radius 3 is 2.35 bits per heavy atom. The van der Waals surface area contributed by atoms with E-state index >= 15 is 0 Å². The van der Waals surface area contributed by atoms with Crippen LogP contribution in [0.4, 0.5) is 5.69 Å². The summed E-state index contributed by atoms with van der Waals surface area (Å²) < 4.78 is 0. The Labute approximate surface area is 119 Å². The lowest BCUT2D eigenvalue weighted by atomic mass is 10.1. The predicted octanol–water partition coefficient (Wildman–Crippen LogP) is 0.991. The topological polar surface area (TPSA) is 52.7 Å². The number of piperazine rings is 1. The van der Waals surface area contributed by atoms with Gasteiger partial charge in [0.2, 0.25) is 11.8 Å². The molecule has 1 aromatic rings. The summed E-state index contributed by atoms with van der Waals surface area (Å²) in [4.78, 5) is 26.5. The van der Waals surface area contributed by atoms with E-state index in [9.17, 15) is 9.59 Å². The third-order valence-corrected chi connectivity index (χ3v) is 3.59. The summed E-state index contributed by atoms with van der Waals surface area (Å²) >= 11 is 0. The maximum atomic E-state index is 11.3. The fourth-order valence-corrected chi connectivity index (χ4v) is 2.45. The fourth-order valence-electron chi connectivity index (χ4n) is 2.45. The molecule has 2 rings (SSSR count). The molecule has 1 heterocycles. The molecular weight excluding hydrogens is 254 g/mol. The van der Waals surface area contributed by atoms with E-state index < -0.39 is 0 Å². The van der Waals surface area contributed by atoms with Crippen LogP contribution in [0, 0.1) is 0 Å². The van der Waals surface area contributed by atoms with Crippen LogP contribution in [0.15, 0.2) is 24.3 Å². The molecule has 1 aliphatic rings. The van der Waals surface area contributed by atoms with Crippen molar-refractivity contribution in [2.45, 2.75) is 20.4 Å². The second-order valence-corrected chi connectivity index (χ2v) is 5.03. The number of nitrogens with zero attached hydrogens (tertiary/aromatic N) is 2. The summed E-state index contributed by atoms with van der Waals surface area (Å²) in [6.07, 6.45) is 0. The fraction of sp³-hybridized carbons (Fsp3) is 0.467. The third-order valence-electron chi connectivity index (χ3n) is 3.59. The maximum Gasteiger partial charge on any atom is 0.219 e.